The first-order chi connectivity index (χ1) is 9.38. The van der Waals surface area contributed by atoms with Gasteiger partial charge in [-0.1, -0.05) is 0 Å². The zero-order chi connectivity index (χ0) is 14.9. The van der Waals surface area contributed by atoms with Crippen molar-refractivity contribution in [3.8, 4) is 11.5 Å². The first-order valence-electron chi connectivity index (χ1n) is 5.33. The van der Waals surface area contributed by atoms with Crippen molar-refractivity contribution in [1.82, 2.24) is 0 Å². The van der Waals surface area contributed by atoms with E-state index < -0.39 is 40.5 Å². The standard InChI is InChI=1S/C13H8F3NO3/c14-6-1-2-8(15)11(3-6)20-12-4-7(13(18)19)10(17)5-9(12)16/h1-5H,17H2,(H,18,19). The van der Waals surface area contributed by atoms with Gasteiger partial charge in [-0.15, -0.1) is 0 Å². The molecule has 2 aromatic carbocycles. The summed E-state index contributed by atoms with van der Waals surface area (Å²) in [5, 5.41) is 8.85. The van der Waals surface area contributed by atoms with Crippen LogP contribution in [0, 0.1) is 17.5 Å². The Morgan fingerprint density at radius 3 is 2.35 bits per heavy atom. The normalized spacial score (nSPS) is 10.3. The van der Waals surface area contributed by atoms with Crippen LogP contribution in [-0.4, -0.2) is 11.1 Å². The van der Waals surface area contributed by atoms with Gasteiger partial charge in [0.1, 0.15) is 5.82 Å². The Hall–Kier alpha value is -2.70. The van der Waals surface area contributed by atoms with Gasteiger partial charge in [-0.2, -0.15) is 0 Å². The van der Waals surface area contributed by atoms with Gasteiger partial charge in [-0.3, -0.25) is 0 Å². The van der Waals surface area contributed by atoms with E-state index in [1.165, 1.54) is 0 Å². The maximum Gasteiger partial charge on any atom is 0.337 e. The van der Waals surface area contributed by atoms with E-state index in [4.69, 9.17) is 15.6 Å². The number of anilines is 1. The monoisotopic (exact) mass is 283 g/mol. The summed E-state index contributed by atoms with van der Waals surface area (Å²) in [7, 11) is 0. The fourth-order valence-corrected chi connectivity index (χ4v) is 1.51. The van der Waals surface area contributed by atoms with Gasteiger partial charge in [0, 0.05) is 23.9 Å². The largest absolute Gasteiger partial charge is 0.478 e. The molecule has 0 aliphatic carbocycles. The van der Waals surface area contributed by atoms with E-state index in [0.29, 0.717) is 6.07 Å². The molecular weight excluding hydrogens is 275 g/mol. The first kappa shape index (κ1) is 13.7. The van der Waals surface area contributed by atoms with Crippen LogP contribution in [0.25, 0.3) is 0 Å². The predicted molar refractivity (Wildman–Crippen MR) is 64.2 cm³/mol. The average molecular weight is 283 g/mol. The number of rotatable bonds is 3. The topological polar surface area (TPSA) is 72.5 Å². The van der Waals surface area contributed by atoms with Crippen LogP contribution in [0.3, 0.4) is 0 Å². The molecule has 0 amide bonds. The molecule has 0 radical (unpaired) electrons. The minimum Gasteiger partial charge on any atom is -0.478 e. The second-order valence-corrected chi connectivity index (χ2v) is 3.85. The van der Waals surface area contributed by atoms with E-state index in [1.807, 2.05) is 0 Å². The minimum absolute atomic E-state index is 0.304. The molecule has 104 valence electrons. The van der Waals surface area contributed by atoms with Gasteiger partial charge in [0.05, 0.1) is 5.56 Å². The van der Waals surface area contributed by atoms with Crippen molar-refractivity contribution >= 4 is 11.7 Å². The summed E-state index contributed by atoms with van der Waals surface area (Å²) in [4.78, 5) is 10.9. The van der Waals surface area contributed by atoms with Crippen LogP contribution < -0.4 is 10.5 Å². The van der Waals surface area contributed by atoms with Gasteiger partial charge in [-0.05, 0) is 12.1 Å². The van der Waals surface area contributed by atoms with E-state index in [9.17, 15) is 18.0 Å². The van der Waals surface area contributed by atoms with Crippen molar-refractivity contribution in [2.24, 2.45) is 0 Å². The molecule has 0 atom stereocenters. The molecule has 2 aromatic rings. The summed E-state index contributed by atoms with van der Waals surface area (Å²) in [6.45, 7) is 0. The minimum atomic E-state index is -1.40. The average Bonchev–Trinajstić information content (AvgIpc) is 2.36. The highest BCUT2D eigenvalue weighted by molar-refractivity contribution is 5.94. The highest BCUT2D eigenvalue weighted by Crippen LogP contribution is 2.30. The predicted octanol–water partition coefficient (Wildman–Crippen LogP) is 3.18. The highest BCUT2D eigenvalue weighted by Gasteiger charge is 2.16. The van der Waals surface area contributed by atoms with Crippen molar-refractivity contribution in [2.75, 3.05) is 5.73 Å². The van der Waals surface area contributed by atoms with Gasteiger partial charge < -0.3 is 15.6 Å². The third-order valence-corrected chi connectivity index (χ3v) is 2.45. The summed E-state index contributed by atoms with van der Waals surface area (Å²) in [5.74, 6) is -5.22. The van der Waals surface area contributed by atoms with Crippen molar-refractivity contribution in [1.29, 1.82) is 0 Å². The van der Waals surface area contributed by atoms with Gasteiger partial charge in [0.25, 0.3) is 0 Å². The lowest BCUT2D eigenvalue weighted by atomic mass is 10.1. The molecular formula is C13H8F3NO3. The lowest BCUT2D eigenvalue weighted by Gasteiger charge is -2.10. The zero-order valence-electron chi connectivity index (χ0n) is 9.86. The number of aromatic carboxylic acids is 1. The number of carbonyl (C=O) groups is 1. The molecule has 0 bridgehead atoms. The van der Waals surface area contributed by atoms with Gasteiger partial charge >= 0.3 is 5.97 Å². The van der Waals surface area contributed by atoms with Crippen LogP contribution in [-0.2, 0) is 0 Å². The Labute approximate surface area is 111 Å². The quantitative estimate of drug-likeness (QED) is 0.848. The number of carboxylic acids is 1. The Morgan fingerprint density at radius 2 is 1.70 bits per heavy atom. The number of nitrogens with two attached hydrogens (primary N) is 1. The summed E-state index contributed by atoms with van der Waals surface area (Å²) >= 11 is 0. The van der Waals surface area contributed by atoms with E-state index in [-0.39, 0.29) is 5.69 Å². The first-order valence-corrected chi connectivity index (χ1v) is 5.33. The van der Waals surface area contributed by atoms with E-state index in [0.717, 1.165) is 24.3 Å². The van der Waals surface area contributed by atoms with Crippen LogP contribution in [0.4, 0.5) is 18.9 Å². The lowest BCUT2D eigenvalue weighted by Crippen LogP contribution is -2.04. The summed E-state index contributed by atoms with van der Waals surface area (Å²) < 4.78 is 44.8. The Morgan fingerprint density at radius 1 is 1.05 bits per heavy atom. The molecule has 0 aromatic heterocycles. The molecule has 20 heavy (non-hydrogen) atoms. The Balaban J connectivity index is 2.45. The molecule has 4 nitrogen and oxygen atoms in total. The van der Waals surface area contributed by atoms with Crippen molar-refractivity contribution in [2.45, 2.75) is 0 Å². The van der Waals surface area contributed by atoms with Crippen LogP contribution in [0.5, 0.6) is 11.5 Å². The SMILES string of the molecule is Nc1cc(F)c(Oc2cc(F)ccc2F)cc1C(=O)O. The fraction of sp³-hybridized carbons (Fsp3) is 0. The number of hydrogen-bond acceptors (Lipinski definition) is 3. The van der Waals surface area contributed by atoms with E-state index in [2.05, 4.69) is 0 Å². The number of ether oxygens (including phenoxy) is 1. The number of halogens is 3. The van der Waals surface area contributed by atoms with E-state index >= 15 is 0 Å². The third-order valence-electron chi connectivity index (χ3n) is 2.45. The molecule has 0 fully saturated rings. The van der Waals surface area contributed by atoms with Gasteiger partial charge in [-0.25, -0.2) is 18.0 Å². The highest BCUT2D eigenvalue weighted by atomic mass is 19.1. The number of nitrogen functional groups attached to an aromatic ring is 1. The van der Waals surface area contributed by atoms with E-state index in [1.54, 1.807) is 0 Å². The molecule has 0 aliphatic rings. The molecule has 0 unspecified atom stereocenters. The van der Waals surface area contributed by atoms with Gasteiger partial charge in [0.2, 0.25) is 0 Å². The molecule has 0 heterocycles. The van der Waals surface area contributed by atoms with Crippen molar-refractivity contribution in [3.63, 3.8) is 0 Å². The zero-order valence-corrected chi connectivity index (χ0v) is 9.86. The molecule has 2 rings (SSSR count). The molecule has 0 saturated heterocycles. The number of hydrogen-bond donors (Lipinski definition) is 2. The molecule has 7 heteroatoms. The Bertz CT molecular complexity index is 689. The second kappa shape index (κ2) is 5.12. The van der Waals surface area contributed by atoms with Crippen molar-refractivity contribution < 1.29 is 27.8 Å². The maximum absolute atomic E-state index is 13.6. The molecule has 0 spiro atoms. The summed E-state index contributed by atoms with van der Waals surface area (Å²) in [6.07, 6.45) is 0. The van der Waals surface area contributed by atoms with Crippen LogP contribution in [0.2, 0.25) is 0 Å². The molecule has 0 saturated carbocycles. The van der Waals surface area contributed by atoms with Crippen molar-refractivity contribution in [3.05, 3.63) is 53.3 Å². The lowest BCUT2D eigenvalue weighted by molar-refractivity contribution is 0.0697. The van der Waals surface area contributed by atoms with Crippen LogP contribution in [0.15, 0.2) is 30.3 Å². The summed E-state index contributed by atoms with van der Waals surface area (Å²) in [6, 6.07) is 3.92. The molecule has 0 aliphatic heterocycles. The smallest absolute Gasteiger partial charge is 0.337 e. The number of benzene rings is 2. The molecule has 3 N–H and O–H groups in total. The maximum atomic E-state index is 13.6. The van der Waals surface area contributed by atoms with Crippen LogP contribution in [0.1, 0.15) is 10.4 Å². The van der Waals surface area contributed by atoms with Crippen LogP contribution >= 0.6 is 0 Å². The Kier molecular flexibility index (Phi) is 3.51. The number of carboxylic acid groups (broad SMARTS) is 1. The van der Waals surface area contributed by atoms with Gasteiger partial charge in [0.15, 0.2) is 23.1 Å². The second-order valence-electron chi connectivity index (χ2n) is 3.85. The summed E-state index contributed by atoms with van der Waals surface area (Å²) in [5.41, 5.74) is 4.62. The fourth-order valence-electron chi connectivity index (χ4n) is 1.51. The third kappa shape index (κ3) is 2.66.